The van der Waals surface area contributed by atoms with Gasteiger partial charge in [0.25, 0.3) is 0 Å². The Kier molecular flexibility index (Phi) is 7.28. The minimum atomic E-state index is 0.635. The summed E-state index contributed by atoms with van der Waals surface area (Å²) < 4.78 is 11.2. The van der Waals surface area contributed by atoms with Crippen LogP contribution >= 0.6 is 0 Å². The molecule has 2 rings (SSSR count). The highest BCUT2D eigenvalue weighted by Crippen LogP contribution is 2.15. The number of rotatable bonds is 6. The highest BCUT2D eigenvalue weighted by Gasteiger charge is 2.08. The lowest BCUT2D eigenvalue weighted by Gasteiger charge is -2.24. The van der Waals surface area contributed by atoms with Crippen LogP contribution in [0.3, 0.4) is 0 Å². The molecule has 1 aliphatic rings. The number of hydrogen-bond donors (Lipinski definition) is 0. The molecule has 0 unspecified atom stereocenters. The molecule has 0 atom stereocenters. The molecule has 1 fully saturated rings. The smallest absolute Gasteiger partial charge is 0.120 e. The zero-order valence-electron chi connectivity index (χ0n) is 13.8. The Labute approximate surface area is 134 Å². The van der Waals surface area contributed by atoms with Crippen LogP contribution in [-0.2, 0) is 4.74 Å². The van der Waals surface area contributed by atoms with Gasteiger partial charge in [0, 0.05) is 18.7 Å². The Morgan fingerprint density at radius 1 is 1.23 bits per heavy atom. The van der Waals surface area contributed by atoms with Crippen LogP contribution in [-0.4, -0.2) is 44.4 Å². The summed E-state index contributed by atoms with van der Waals surface area (Å²) in [5.74, 6) is 8.04. The van der Waals surface area contributed by atoms with Crippen molar-refractivity contribution in [2.75, 3.05) is 39.5 Å². The molecule has 0 aliphatic carbocycles. The lowest BCUT2D eigenvalue weighted by Crippen LogP contribution is -2.36. The highest BCUT2D eigenvalue weighted by molar-refractivity contribution is 5.39. The summed E-state index contributed by atoms with van der Waals surface area (Å²) in [6.07, 6.45) is 2.32. The van der Waals surface area contributed by atoms with Crippen LogP contribution < -0.4 is 4.74 Å². The predicted octanol–water partition coefficient (Wildman–Crippen LogP) is 3.19. The normalized spacial score (nSPS) is 15.4. The summed E-state index contributed by atoms with van der Waals surface area (Å²) in [7, 11) is 0. The monoisotopic (exact) mass is 301 g/mol. The second kappa shape index (κ2) is 9.50. The summed E-state index contributed by atoms with van der Waals surface area (Å²) in [6.45, 7) is 9.62. The molecule has 1 aromatic carbocycles. The predicted molar refractivity (Wildman–Crippen MR) is 90.1 cm³/mol. The lowest BCUT2D eigenvalue weighted by molar-refractivity contribution is 0.0443. The van der Waals surface area contributed by atoms with Crippen LogP contribution in [0.4, 0.5) is 0 Å². The average Bonchev–Trinajstić information content (AvgIpc) is 2.57. The van der Waals surface area contributed by atoms with E-state index >= 15 is 0 Å². The number of morpholine rings is 1. The van der Waals surface area contributed by atoms with Crippen molar-refractivity contribution in [2.24, 2.45) is 5.92 Å². The van der Waals surface area contributed by atoms with E-state index in [1.165, 1.54) is 0 Å². The summed E-state index contributed by atoms with van der Waals surface area (Å²) in [5.41, 5.74) is 1.02. The standard InChI is InChI=1S/C19H27NO2/c1-3-17(4-2)16-22-19-9-5-7-18(15-19)8-6-10-20-11-13-21-14-12-20/h5,7,9,15,17H,3-4,10-14,16H2,1-2H3. The number of benzene rings is 1. The second-order valence-electron chi connectivity index (χ2n) is 5.71. The Hall–Kier alpha value is -1.50. The largest absolute Gasteiger partial charge is 0.493 e. The Morgan fingerprint density at radius 3 is 2.73 bits per heavy atom. The van der Waals surface area contributed by atoms with E-state index in [0.29, 0.717) is 5.92 Å². The average molecular weight is 301 g/mol. The molecule has 1 saturated heterocycles. The van der Waals surface area contributed by atoms with Crippen molar-refractivity contribution in [3.63, 3.8) is 0 Å². The molecule has 0 spiro atoms. The zero-order chi connectivity index (χ0) is 15.6. The van der Waals surface area contributed by atoms with Gasteiger partial charge in [-0.1, -0.05) is 44.6 Å². The van der Waals surface area contributed by atoms with E-state index in [0.717, 1.165) is 63.6 Å². The van der Waals surface area contributed by atoms with Crippen LogP contribution in [0.15, 0.2) is 24.3 Å². The first-order valence-electron chi connectivity index (χ1n) is 8.33. The van der Waals surface area contributed by atoms with E-state index in [1.54, 1.807) is 0 Å². The fraction of sp³-hybridized carbons (Fsp3) is 0.579. The molecule has 0 aromatic heterocycles. The van der Waals surface area contributed by atoms with Gasteiger partial charge < -0.3 is 9.47 Å². The van der Waals surface area contributed by atoms with Crippen molar-refractivity contribution in [3.8, 4) is 17.6 Å². The summed E-state index contributed by atoms with van der Waals surface area (Å²) in [6, 6.07) is 8.10. The quantitative estimate of drug-likeness (QED) is 0.753. The van der Waals surface area contributed by atoms with Crippen LogP contribution in [0, 0.1) is 17.8 Å². The van der Waals surface area contributed by atoms with E-state index in [1.807, 2.05) is 24.3 Å². The topological polar surface area (TPSA) is 21.7 Å². The Morgan fingerprint density at radius 2 is 2.00 bits per heavy atom. The van der Waals surface area contributed by atoms with Crippen molar-refractivity contribution < 1.29 is 9.47 Å². The first-order valence-corrected chi connectivity index (χ1v) is 8.33. The maximum Gasteiger partial charge on any atom is 0.120 e. The maximum atomic E-state index is 5.89. The lowest BCUT2D eigenvalue weighted by atomic mass is 10.1. The third-order valence-corrected chi connectivity index (χ3v) is 4.11. The van der Waals surface area contributed by atoms with Gasteiger partial charge in [0.1, 0.15) is 5.75 Å². The highest BCUT2D eigenvalue weighted by atomic mass is 16.5. The third kappa shape index (κ3) is 5.71. The van der Waals surface area contributed by atoms with Crippen LogP contribution in [0.25, 0.3) is 0 Å². The van der Waals surface area contributed by atoms with Crippen LogP contribution in [0.5, 0.6) is 5.75 Å². The van der Waals surface area contributed by atoms with Gasteiger partial charge in [0.15, 0.2) is 0 Å². The molecular formula is C19H27NO2. The molecule has 0 bridgehead atoms. The van der Waals surface area contributed by atoms with Crippen molar-refractivity contribution >= 4 is 0 Å². The molecule has 22 heavy (non-hydrogen) atoms. The van der Waals surface area contributed by atoms with Gasteiger partial charge in [-0.2, -0.15) is 0 Å². The van der Waals surface area contributed by atoms with Crippen LogP contribution in [0.1, 0.15) is 32.3 Å². The van der Waals surface area contributed by atoms with Gasteiger partial charge in [-0.05, 0) is 24.1 Å². The minimum Gasteiger partial charge on any atom is -0.493 e. The molecule has 0 radical (unpaired) electrons. The molecule has 1 aromatic rings. The van der Waals surface area contributed by atoms with Crippen molar-refractivity contribution in [3.05, 3.63) is 29.8 Å². The molecular weight excluding hydrogens is 274 g/mol. The van der Waals surface area contributed by atoms with Crippen molar-refractivity contribution in [1.82, 2.24) is 4.90 Å². The minimum absolute atomic E-state index is 0.635. The van der Waals surface area contributed by atoms with E-state index in [4.69, 9.17) is 9.47 Å². The molecule has 0 amide bonds. The number of nitrogens with zero attached hydrogens (tertiary/aromatic N) is 1. The zero-order valence-corrected chi connectivity index (χ0v) is 13.8. The Balaban J connectivity index is 1.85. The van der Waals surface area contributed by atoms with Gasteiger partial charge in [-0.15, -0.1) is 0 Å². The summed E-state index contributed by atoms with van der Waals surface area (Å²) in [4.78, 5) is 2.32. The molecule has 3 heteroatoms. The van der Waals surface area contributed by atoms with E-state index in [9.17, 15) is 0 Å². The fourth-order valence-corrected chi connectivity index (χ4v) is 2.41. The van der Waals surface area contributed by atoms with Crippen LogP contribution in [0.2, 0.25) is 0 Å². The van der Waals surface area contributed by atoms with Gasteiger partial charge >= 0.3 is 0 Å². The third-order valence-electron chi connectivity index (χ3n) is 4.11. The van der Waals surface area contributed by atoms with Gasteiger partial charge in [-0.25, -0.2) is 0 Å². The molecule has 0 N–H and O–H groups in total. The van der Waals surface area contributed by atoms with Crippen molar-refractivity contribution in [2.45, 2.75) is 26.7 Å². The van der Waals surface area contributed by atoms with Gasteiger partial charge in [-0.3, -0.25) is 4.90 Å². The molecule has 0 saturated carbocycles. The molecule has 120 valence electrons. The van der Waals surface area contributed by atoms with E-state index in [2.05, 4.69) is 30.6 Å². The first kappa shape index (κ1) is 16.9. The van der Waals surface area contributed by atoms with Gasteiger partial charge in [0.2, 0.25) is 0 Å². The second-order valence-corrected chi connectivity index (χ2v) is 5.71. The fourth-order valence-electron chi connectivity index (χ4n) is 2.41. The van der Waals surface area contributed by atoms with Crippen molar-refractivity contribution in [1.29, 1.82) is 0 Å². The number of ether oxygens (including phenoxy) is 2. The SMILES string of the molecule is CCC(CC)COc1cccc(C#CCN2CCOCC2)c1. The Bertz CT molecular complexity index is 494. The summed E-state index contributed by atoms with van der Waals surface area (Å²) in [5, 5.41) is 0. The summed E-state index contributed by atoms with van der Waals surface area (Å²) >= 11 is 0. The molecule has 1 heterocycles. The first-order chi connectivity index (χ1) is 10.8. The number of hydrogen-bond acceptors (Lipinski definition) is 3. The molecule has 3 nitrogen and oxygen atoms in total. The van der Waals surface area contributed by atoms with E-state index in [-0.39, 0.29) is 0 Å². The maximum absolute atomic E-state index is 5.89. The van der Waals surface area contributed by atoms with E-state index < -0.39 is 0 Å². The molecule has 1 aliphatic heterocycles. The van der Waals surface area contributed by atoms with Gasteiger partial charge in [0.05, 0.1) is 26.4 Å².